The first-order chi connectivity index (χ1) is 17.7. The van der Waals surface area contributed by atoms with Crippen LogP contribution in [0.2, 0.25) is 0 Å². The maximum atomic E-state index is 3.88. The quantitative estimate of drug-likeness (QED) is 0.145. The minimum atomic E-state index is 0.223. The van der Waals surface area contributed by atoms with Gasteiger partial charge in [0.15, 0.2) is 0 Å². The zero-order chi connectivity index (χ0) is 25.1. The molecule has 3 fully saturated rings. The van der Waals surface area contributed by atoms with Crippen LogP contribution < -0.4 is 21.3 Å². The molecular formula is C32H50N4. The number of nitrogens with one attached hydrogen (secondary N) is 4. The van der Waals surface area contributed by atoms with Gasteiger partial charge in [-0.25, -0.2) is 0 Å². The largest absolute Gasteiger partial charge is 0.316 e. The molecule has 198 valence electrons. The molecule has 2 atom stereocenters. The molecule has 3 aliphatic carbocycles. The van der Waals surface area contributed by atoms with Crippen LogP contribution in [0.25, 0.3) is 0 Å². The summed E-state index contributed by atoms with van der Waals surface area (Å²) < 4.78 is 0. The van der Waals surface area contributed by atoms with E-state index in [2.05, 4.69) is 83.3 Å². The molecule has 0 radical (unpaired) electrons. The summed E-state index contributed by atoms with van der Waals surface area (Å²) >= 11 is 0. The maximum Gasteiger partial charge on any atom is 0.0436 e. The number of allylic oxidation sites excluding steroid dienone is 3. The normalized spacial score (nSPS) is 23.6. The second-order valence-corrected chi connectivity index (χ2v) is 11.3. The summed E-state index contributed by atoms with van der Waals surface area (Å²) in [6.07, 6.45) is 19.9. The molecule has 2 unspecified atom stereocenters. The zero-order valence-corrected chi connectivity index (χ0v) is 22.7. The van der Waals surface area contributed by atoms with Gasteiger partial charge in [-0.1, -0.05) is 61.2 Å². The van der Waals surface area contributed by atoms with Crippen LogP contribution in [-0.2, 0) is 5.54 Å². The second-order valence-electron chi connectivity index (χ2n) is 11.3. The van der Waals surface area contributed by atoms with Crippen molar-refractivity contribution < 1.29 is 0 Å². The van der Waals surface area contributed by atoms with Gasteiger partial charge in [0.25, 0.3) is 0 Å². The Kier molecular flexibility index (Phi) is 10.4. The van der Waals surface area contributed by atoms with Crippen molar-refractivity contribution in [2.24, 2.45) is 11.8 Å². The van der Waals surface area contributed by atoms with E-state index in [9.17, 15) is 0 Å². The average Bonchev–Trinajstić information content (AvgIpc) is 3.79. The van der Waals surface area contributed by atoms with Gasteiger partial charge in [0, 0.05) is 11.1 Å². The Morgan fingerprint density at radius 2 is 1.47 bits per heavy atom. The van der Waals surface area contributed by atoms with Gasteiger partial charge in [-0.3, -0.25) is 0 Å². The molecule has 4 nitrogen and oxygen atoms in total. The molecule has 4 N–H and O–H groups in total. The van der Waals surface area contributed by atoms with E-state index in [-0.39, 0.29) is 11.1 Å². The van der Waals surface area contributed by atoms with E-state index in [0.29, 0.717) is 0 Å². The maximum absolute atomic E-state index is 3.88. The monoisotopic (exact) mass is 490 g/mol. The molecule has 0 bridgehead atoms. The highest BCUT2D eigenvalue weighted by molar-refractivity contribution is 5.39. The van der Waals surface area contributed by atoms with Gasteiger partial charge < -0.3 is 21.3 Å². The number of hydrogen-bond acceptors (Lipinski definition) is 4. The summed E-state index contributed by atoms with van der Waals surface area (Å²) in [5, 5.41) is 15.0. The summed E-state index contributed by atoms with van der Waals surface area (Å²) in [4.78, 5) is 0. The van der Waals surface area contributed by atoms with E-state index < -0.39 is 0 Å². The van der Waals surface area contributed by atoms with Crippen LogP contribution in [-0.4, -0.2) is 44.8 Å². The van der Waals surface area contributed by atoms with E-state index in [0.717, 1.165) is 38.0 Å². The van der Waals surface area contributed by atoms with Gasteiger partial charge in [0.1, 0.15) is 0 Å². The second kappa shape index (κ2) is 13.7. The van der Waals surface area contributed by atoms with E-state index in [4.69, 9.17) is 0 Å². The van der Waals surface area contributed by atoms with Gasteiger partial charge in [-0.05, 0) is 127 Å². The van der Waals surface area contributed by atoms with Crippen molar-refractivity contribution in [2.75, 3.05) is 39.3 Å². The molecule has 4 heteroatoms. The Balaban J connectivity index is 0.938. The Labute approximate surface area is 220 Å². The van der Waals surface area contributed by atoms with Gasteiger partial charge in [-0.15, -0.1) is 0 Å². The molecule has 0 amide bonds. The van der Waals surface area contributed by atoms with Crippen molar-refractivity contribution in [3.63, 3.8) is 0 Å². The lowest BCUT2D eigenvalue weighted by Crippen LogP contribution is -2.34. The fourth-order valence-electron chi connectivity index (χ4n) is 5.61. The van der Waals surface area contributed by atoms with Gasteiger partial charge in [0.05, 0.1) is 0 Å². The van der Waals surface area contributed by atoms with E-state index in [1.54, 1.807) is 0 Å². The third-order valence-corrected chi connectivity index (χ3v) is 8.39. The zero-order valence-electron chi connectivity index (χ0n) is 22.7. The summed E-state index contributed by atoms with van der Waals surface area (Å²) in [5.41, 5.74) is 3.37. The van der Waals surface area contributed by atoms with Crippen molar-refractivity contribution >= 4 is 0 Å². The number of benzene rings is 1. The smallest absolute Gasteiger partial charge is 0.0436 e. The minimum absolute atomic E-state index is 0.223. The minimum Gasteiger partial charge on any atom is -0.316 e. The van der Waals surface area contributed by atoms with Crippen LogP contribution in [0.15, 0.2) is 66.8 Å². The number of hydrogen-bond donors (Lipinski definition) is 4. The Morgan fingerprint density at radius 3 is 2.03 bits per heavy atom. The molecule has 1 aromatic carbocycles. The first kappa shape index (κ1) is 27.3. The molecule has 0 spiro atoms. The van der Waals surface area contributed by atoms with Crippen LogP contribution in [0, 0.1) is 11.8 Å². The predicted octanol–water partition coefficient (Wildman–Crippen LogP) is 5.45. The molecule has 36 heavy (non-hydrogen) atoms. The van der Waals surface area contributed by atoms with Crippen molar-refractivity contribution in [1.29, 1.82) is 0 Å². The molecule has 0 aliphatic heterocycles. The standard InChI is InChI=1S/C32H50N4/c1-3-12-29(13-4-2)31(16-17-31)35-22-10-8-20-33-25-27-24-28(27)26-34-21-9-11-23-36-32(18-19-32)30-14-6-5-7-15-30/h3-7,12-15,27-28,33-36H,1,8-11,16-26H2,2H3/b13-4-,29-12+. The molecular weight excluding hydrogens is 440 g/mol. The topological polar surface area (TPSA) is 48.1 Å². The molecule has 3 aliphatic rings. The van der Waals surface area contributed by atoms with Crippen molar-refractivity contribution in [3.05, 3.63) is 72.4 Å². The fraction of sp³-hybridized carbons (Fsp3) is 0.625. The summed E-state index contributed by atoms with van der Waals surface area (Å²) in [6, 6.07) is 11.0. The van der Waals surface area contributed by atoms with Crippen molar-refractivity contribution in [2.45, 2.75) is 75.8 Å². The van der Waals surface area contributed by atoms with Crippen LogP contribution >= 0.6 is 0 Å². The molecule has 4 rings (SSSR count). The predicted molar refractivity (Wildman–Crippen MR) is 154 cm³/mol. The van der Waals surface area contributed by atoms with Crippen molar-refractivity contribution in [1.82, 2.24) is 21.3 Å². The molecule has 0 aromatic heterocycles. The lowest BCUT2D eigenvalue weighted by Gasteiger charge is -2.19. The van der Waals surface area contributed by atoms with Crippen LogP contribution in [0.3, 0.4) is 0 Å². The van der Waals surface area contributed by atoms with E-state index >= 15 is 0 Å². The summed E-state index contributed by atoms with van der Waals surface area (Å²) in [7, 11) is 0. The Hall–Kier alpha value is -1.72. The highest BCUT2D eigenvalue weighted by Gasteiger charge is 2.44. The van der Waals surface area contributed by atoms with E-state index in [1.807, 2.05) is 6.08 Å². The van der Waals surface area contributed by atoms with Gasteiger partial charge >= 0.3 is 0 Å². The van der Waals surface area contributed by atoms with Crippen LogP contribution in [0.1, 0.15) is 70.3 Å². The average molecular weight is 491 g/mol. The fourth-order valence-corrected chi connectivity index (χ4v) is 5.61. The Bertz CT molecular complexity index is 850. The molecule has 0 heterocycles. The first-order valence-electron chi connectivity index (χ1n) is 14.6. The van der Waals surface area contributed by atoms with E-state index in [1.165, 1.54) is 82.0 Å². The third-order valence-electron chi connectivity index (χ3n) is 8.39. The van der Waals surface area contributed by atoms with Crippen LogP contribution in [0.5, 0.6) is 0 Å². The molecule has 0 saturated heterocycles. The summed E-state index contributed by atoms with van der Waals surface area (Å²) in [5.74, 6) is 1.78. The highest BCUT2D eigenvalue weighted by Crippen LogP contribution is 2.45. The van der Waals surface area contributed by atoms with Gasteiger partial charge in [-0.2, -0.15) is 0 Å². The number of unbranched alkanes of at least 4 members (excludes halogenated alkanes) is 2. The van der Waals surface area contributed by atoms with Crippen molar-refractivity contribution in [3.8, 4) is 0 Å². The molecule has 3 saturated carbocycles. The lowest BCUT2D eigenvalue weighted by molar-refractivity contribution is 0.488. The Morgan fingerprint density at radius 1 is 0.861 bits per heavy atom. The molecule has 1 aromatic rings. The van der Waals surface area contributed by atoms with Gasteiger partial charge in [0.2, 0.25) is 0 Å². The summed E-state index contributed by atoms with van der Waals surface area (Å²) in [6.45, 7) is 12.9. The lowest BCUT2D eigenvalue weighted by atomic mass is 10.0. The SMILES string of the molecule is C=C/C=C(\C=C/C)C1(NCCCCNCC2CC2CNCCCCNC2(c3ccccc3)CC2)CC1. The third kappa shape index (κ3) is 8.14. The number of rotatable bonds is 20. The first-order valence-corrected chi connectivity index (χ1v) is 14.6. The highest BCUT2D eigenvalue weighted by atomic mass is 15.0. The van der Waals surface area contributed by atoms with Crippen LogP contribution in [0.4, 0.5) is 0 Å².